The van der Waals surface area contributed by atoms with E-state index in [1.165, 1.54) is 18.2 Å². The molecule has 1 fully saturated rings. The SMILES string of the molecule is Cc1cc(NC(=O)c2c(C)c(C(O)C(=O)N[C@H](C(=O)O)C3CCCCC3)n(C)c2C)ccc1F. The number of carboxylic acid groups (broad SMARTS) is 1. The molecule has 2 amide bonds. The van der Waals surface area contributed by atoms with Crippen LogP contribution in [0.5, 0.6) is 0 Å². The van der Waals surface area contributed by atoms with E-state index in [0.29, 0.717) is 35.3 Å². The molecule has 0 saturated heterocycles. The van der Waals surface area contributed by atoms with E-state index in [2.05, 4.69) is 10.6 Å². The number of halogens is 1. The number of rotatable bonds is 7. The Hall–Kier alpha value is -3.20. The fourth-order valence-corrected chi connectivity index (χ4v) is 4.84. The van der Waals surface area contributed by atoms with Crippen LogP contribution in [0.4, 0.5) is 10.1 Å². The number of anilines is 1. The van der Waals surface area contributed by atoms with Crippen LogP contribution in [0, 0.1) is 32.5 Å². The molecule has 1 saturated carbocycles. The number of amides is 2. The highest BCUT2D eigenvalue weighted by Gasteiger charge is 2.35. The zero-order chi connectivity index (χ0) is 25.2. The van der Waals surface area contributed by atoms with E-state index < -0.39 is 29.9 Å². The van der Waals surface area contributed by atoms with E-state index in [1.54, 1.807) is 32.4 Å². The smallest absolute Gasteiger partial charge is 0.326 e. The summed E-state index contributed by atoms with van der Waals surface area (Å²) >= 11 is 0. The zero-order valence-electron chi connectivity index (χ0n) is 19.9. The molecular weight excluding hydrogens is 441 g/mol. The lowest BCUT2D eigenvalue weighted by atomic mass is 9.84. The second kappa shape index (κ2) is 10.4. The third kappa shape index (κ3) is 5.14. The van der Waals surface area contributed by atoms with Crippen molar-refractivity contribution in [2.75, 3.05) is 5.32 Å². The Bertz CT molecular complexity index is 1100. The minimum absolute atomic E-state index is 0.181. The van der Waals surface area contributed by atoms with Crippen LogP contribution in [-0.2, 0) is 16.6 Å². The lowest BCUT2D eigenvalue weighted by molar-refractivity contribution is -0.145. The van der Waals surface area contributed by atoms with Gasteiger partial charge in [0.05, 0.1) is 11.3 Å². The van der Waals surface area contributed by atoms with Crippen LogP contribution in [-0.4, -0.2) is 38.6 Å². The van der Waals surface area contributed by atoms with Gasteiger partial charge in [-0.05, 0) is 68.9 Å². The summed E-state index contributed by atoms with van der Waals surface area (Å²) in [6.07, 6.45) is 2.64. The topological polar surface area (TPSA) is 121 Å². The summed E-state index contributed by atoms with van der Waals surface area (Å²) in [7, 11) is 1.63. The van der Waals surface area contributed by atoms with E-state index in [4.69, 9.17) is 0 Å². The van der Waals surface area contributed by atoms with Gasteiger partial charge in [0.15, 0.2) is 6.10 Å². The molecule has 34 heavy (non-hydrogen) atoms. The molecule has 0 radical (unpaired) electrons. The standard InChI is InChI=1S/C25H32FN3O5/c1-13-12-17(10-11-18(13)26)27-23(31)19-14(2)21(29(4)15(19)3)22(30)24(32)28-20(25(33)34)16-8-6-5-7-9-16/h10-12,16,20,22,30H,5-9H2,1-4H3,(H,27,31)(H,28,32)(H,33,34)/t20-,22?/m0/s1. The van der Waals surface area contributed by atoms with Crippen LogP contribution in [0.15, 0.2) is 18.2 Å². The van der Waals surface area contributed by atoms with Gasteiger partial charge >= 0.3 is 5.97 Å². The zero-order valence-corrected chi connectivity index (χ0v) is 19.9. The maximum Gasteiger partial charge on any atom is 0.326 e. The van der Waals surface area contributed by atoms with Gasteiger partial charge in [-0.15, -0.1) is 0 Å². The summed E-state index contributed by atoms with van der Waals surface area (Å²) in [6.45, 7) is 4.91. The van der Waals surface area contributed by atoms with Gasteiger partial charge in [0.1, 0.15) is 11.9 Å². The van der Waals surface area contributed by atoms with Crippen molar-refractivity contribution in [2.24, 2.45) is 13.0 Å². The predicted octanol–water partition coefficient (Wildman–Crippen LogP) is 3.52. The van der Waals surface area contributed by atoms with Crippen molar-refractivity contribution in [3.05, 3.63) is 52.1 Å². The van der Waals surface area contributed by atoms with Crippen molar-refractivity contribution in [3.63, 3.8) is 0 Å². The third-order valence-corrected chi connectivity index (χ3v) is 6.82. The molecule has 0 aliphatic heterocycles. The monoisotopic (exact) mass is 473 g/mol. The number of carbonyl (C=O) groups is 3. The van der Waals surface area contributed by atoms with Gasteiger partial charge in [0, 0.05) is 18.4 Å². The maximum absolute atomic E-state index is 13.5. The summed E-state index contributed by atoms with van der Waals surface area (Å²) in [5.74, 6) is -2.96. The van der Waals surface area contributed by atoms with Gasteiger partial charge in [-0.3, -0.25) is 9.59 Å². The molecular formula is C25H32FN3O5. The Morgan fingerprint density at radius 2 is 1.76 bits per heavy atom. The second-order valence-corrected chi connectivity index (χ2v) is 9.07. The predicted molar refractivity (Wildman–Crippen MR) is 125 cm³/mol. The Morgan fingerprint density at radius 3 is 2.35 bits per heavy atom. The number of hydrogen-bond acceptors (Lipinski definition) is 4. The molecule has 2 aromatic rings. The van der Waals surface area contributed by atoms with E-state index in [1.807, 2.05) is 0 Å². The Morgan fingerprint density at radius 1 is 1.12 bits per heavy atom. The molecule has 4 N–H and O–H groups in total. The number of aliphatic hydroxyl groups is 1. The first-order chi connectivity index (χ1) is 16.0. The van der Waals surface area contributed by atoms with Gasteiger partial charge in [-0.2, -0.15) is 0 Å². The number of benzene rings is 1. The summed E-state index contributed by atoms with van der Waals surface area (Å²) in [5, 5.41) is 25.8. The summed E-state index contributed by atoms with van der Waals surface area (Å²) in [6, 6.07) is 3.16. The number of carboxylic acids is 1. The Kier molecular flexibility index (Phi) is 7.76. The van der Waals surface area contributed by atoms with E-state index in [9.17, 15) is 29.0 Å². The fourth-order valence-electron chi connectivity index (χ4n) is 4.84. The first-order valence-corrected chi connectivity index (χ1v) is 11.5. The Balaban J connectivity index is 1.83. The van der Waals surface area contributed by atoms with Crippen LogP contribution in [0.1, 0.15) is 71.1 Å². The van der Waals surface area contributed by atoms with E-state index in [0.717, 1.165) is 19.3 Å². The van der Waals surface area contributed by atoms with Gasteiger partial charge in [0.25, 0.3) is 11.8 Å². The van der Waals surface area contributed by atoms with Crippen molar-refractivity contribution >= 4 is 23.5 Å². The number of nitrogens with one attached hydrogen (secondary N) is 2. The normalized spacial score (nSPS) is 16.1. The van der Waals surface area contributed by atoms with Gasteiger partial charge in [0.2, 0.25) is 0 Å². The first-order valence-electron chi connectivity index (χ1n) is 11.5. The van der Waals surface area contributed by atoms with Crippen molar-refractivity contribution in [2.45, 2.75) is 65.0 Å². The largest absolute Gasteiger partial charge is 0.480 e. The van der Waals surface area contributed by atoms with Crippen molar-refractivity contribution in [1.29, 1.82) is 0 Å². The molecule has 1 heterocycles. The van der Waals surface area contributed by atoms with Crippen molar-refractivity contribution < 1.29 is 29.0 Å². The molecule has 1 aromatic carbocycles. The first kappa shape index (κ1) is 25.4. The molecule has 0 bridgehead atoms. The number of carbonyl (C=O) groups excluding carboxylic acids is 2. The van der Waals surface area contributed by atoms with E-state index in [-0.39, 0.29) is 23.0 Å². The Labute approximate surface area is 198 Å². The quantitative estimate of drug-likeness (QED) is 0.490. The van der Waals surface area contributed by atoms with Crippen LogP contribution in [0.2, 0.25) is 0 Å². The molecule has 184 valence electrons. The minimum Gasteiger partial charge on any atom is -0.480 e. The highest BCUT2D eigenvalue weighted by molar-refractivity contribution is 6.06. The number of aromatic nitrogens is 1. The average Bonchev–Trinajstić information content (AvgIpc) is 3.02. The molecule has 1 aromatic heterocycles. The number of aliphatic carboxylic acids is 1. The molecule has 0 spiro atoms. The number of hydrogen-bond donors (Lipinski definition) is 4. The highest BCUT2D eigenvalue weighted by Crippen LogP contribution is 2.30. The van der Waals surface area contributed by atoms with Crippen LogP contribution in [0.3, 0.4) is 0 Å². The molecule has 8 nitrogen and oxygen atoms in total. The fraction of sp³-hybridized carbons (Fsp3) is 0.480. The minimum atomic E-state index is -1.65. The number of aliphatic hydroxyl groups excluding tert-OH is 1. The summed E-state index contributed by atoms with van der Waals surface area (Å²) in [5.41, 5.74) is 2.24. The molecule has 9 heteroatoms. The van der Waals surface area contributed by atoms with Crippen LogP contribution >= 0.6 is 0 Å². The number of aryl methyl sites for hydroxylation is 1. The molecule has 1 aliphatic carbocycles. The van der Waals surface area contributed by atoms with Gasteiger partial charge in [-0.1, -0.05) is 19.3 Å². The number of nitrogens with zero attached hydrogens (tertiary/aromatic N) is 1. The lowest BCUT2D eigenvalue weighted by Crippen LogP contribution is -2.48. The van der Waals surface area contributed by atoms with Gasteiger partial charge < -0.3 is 25.4 Å². The van der Waals surface area contributed by atoms with Crippen LogP contribution in [0.25, 0.3) is 0 Å². The molecule has 2 atom stereocenters. The maximum atomic E-state index is 13.5. The highest BCUT2D eigenvalue weighted by atomic mass is 19.1. The summed E-state index contributed by atoms with van der Waals surface area (Å²) < 4.78 is 15.1. The molecule has 1 unspecified atom stereocenters. The second-order valence-electron chi connectivity index (χ2n) is 9.07. The molecule has 1 aliphatic rings. The van der Waals surface area contributed by atoms with Crippen molar-refractivity contribution in [1.82, 2.24) is 9.88 Å². The third-order valence-electron chi connectivity index (χ3n) is 6.82. The van der Waals surface area contributed by atoms with Gasteiger partial charge in [-0.25, -0.2) is 9.18 Å². The lowest BCUT2D eigenvalue weighted by Gasteiger charge is -2.28. The van der Waals surface area contributed by atoms with E-state index >= 15 is 0 Å². The van der Waals surface area contributed by atoms with Crippen LogP contribution < -0.4 is 10.6 Å². The average molecular weight is 474 g/mol. The summed E-state index contributed by atoms with van der Waals surface area (Å²) in [4.78, 5) is 37.7. The molecule has 3 rings (SSSR count). The van der Waals surface area contributed by atoms with Crippen molar-refractivity contribution in [3.8, 4) is 0 Å².